The topological polar surface area (TPSA) is 92.5 Å². The van der Waals surface area contributed by atoms with Crippen LogP contribution >= 0.6 is 0 Å². The molecule has 116 valence electrons. The molecular weight excluding hydrogens is 293 g/mol. The van der Waals surface area contributed by atoms with Crippen molar-refractivity contribution in [2.45, 2.75) is 32.0 Å². The van der Waals surface area contributed by atoms with Gasteiger partial charge in [-0.3, -0.25) is 10.1 Å². The first-order valence-corrected chi connectivity index (χ1v) is 5.88. The van der Waals surface area contributed by atoms with Crippen molar-refractivity contribution in [3.63, 3.8) is 0 Å². The van der Waals surface area contributed by atoms with Gasteiger partial charge in [-0.05, 0) is 19.4 Å². The van der Waals surface area contributed by atoms with Crippen LogP contribution in [-0.2, 0) is 11.0 Å². The largest absolute Gasteiger partial charge is 0.480 e. The number of nitrogens with one attached hydrogen (secondary N) is 1. The molecular formula is C12H13F3N2O4. The summed E-state index contributed by atoms with van der Waals surface area (Å²) in [6.07, 6.45) is -4.82. The number of aliphatic carboxylic acids is 1. The maximum Gasteiger partial charge on any atom is 0.418 e. The second kappa shape index (κ2) is 5.58. The fourth-order valence-corrected chi connectivity index (χ4v) is 1.58. The van der Waals surface area contributed by atoms with Crippen molar-refractivity contribution in [2.75, 3.05) is 5.32 Å². The van der Waals surface area contributed by atoms with Gasteiger partial charge >= 0.3 is 12.1 Å². The van der Waals surface area contributed by atoms with Gasteiger partial charge in [0, 0.05) is 17.8 Å². The van der Waals surface area contributed by atoms with Crippen LogP contribution in [0, 0.1) is 10.1 Å². The molecule has 1 aromatic rings. The van der Waals surface area contributed by atoms with Crippen LogP contribution < -0.4 is 5.32 Å². The number of alkyl halides is 3. The van der Waals surface area contributed by atoms with E-state index in [2.05, 4.69) is 5.32 Å². The lowest BCUT2D eigenvalue weighted by molar-refractivity contribution is -0.385. The SMILES string of the molecule is CCC(C)(Nc1ccc([N+](=O)[O-])cc1C(F)(F)F)C(=O)O. The Morgan fingerprint density at radius 3 is 2.38 bits per heavy atom. The number of halogens is 3. The van der Waals surface area contributed by atoms with E-state index in [-0.39, 0.29) is 6.42 Å². The number of non-ortho nitro benzene ring substituents is 1. The molecule has 0 aliphatic rings. The number of anilines is 1. The molecule has 0 aromatic heterocycles. The molecule has 0 aliphatic carbocycles. The Labute approximate surface area is 117 Å². The minimum Gasteiger partial charge on any atom is -0.480 e. The van der Waals surface area contributed by atoms with Gasteiger partial charge in [-0.2, -0.15) is 13.2 Å². The number of carboxylic acid groups (broad SMARTS) is 1. The van der Waals surface area contributed by atoms with Gasteiger partial charge in [0.15, 0.2) is 0 Å². The van der Waals surface area contributed by atoms with Crippen LogP contribution in [0.25, 0.3) is 0 Å². The van der Waals surface area contributed by atoms with E-state index in [9.17, 15) is 28.1 Å². The molecule has 6 nitrogen and oxygen atoms in total. The van der Waals surface area contributed by atoms with E-state index in [0.717, 1.165) is 12.1 Å². The Morgan fingerprint density at radius 1 is 1.43 bits per heavy atom. The van der Waals surface area contributed by atoms with Gasteiger partial charge in [0.1, 0.15) is 5.54 Å². The Kier molecular flexibility index (Phi) is 4.45. The van der Waals surface area contributed by atoms with Gasteiger partial charge < -0.3 is 10.4 Å². The van der Waals surface area contributed by atoms with E-state index < -0.39 is 39.5 Å². The lowest BCUT2D eigenvalue weighted by atomic mass is 9.97. The zero-order valence-corrected chi connectivity index (χ0v) is 11.2. The van der Waals surface area contributed by atoms with Crippen molar-refractivity contribution >= 4 is 17.3 Å². The standard InChI is InChI=1S/C12H13F3N2O4/c1-3-11(2,10(18)19)16-9-5-4-7(17(20)21)6-8(9)12(13,14)15/h4-6,16H,3H2,1-2H3,(H,18,19). The molecule has 1 unspecified atom stereocenters. The second-order valence-electron chi connectivity index (χ2n) is 4.60. The monoisotopic (exact) mass is 306 g/mol. The summed E-state index contributed by atoms with van der Waals surface area (Å²) < 4.78 is 38.9. The van der Waals surface area contributed by atoms with Gasteiger partial charge in [0.05, 0.1) is 10.5 Å². The number of hydrogen-bond acceptors (Lipinski definition) is 4. The minimum absolute atomic E-state index is 0.0244. The Morgan fingerprint density at radius 2 is 2.00 bits per heavy atom. The molecule has 0 spiro atoms. The van der Waals surface area contributed by atoms with Gasteiger partial charge in [-0.1, -0.05) is 6.92 Å². The molecule has 0 aliphatic heterocycles. The van der Waals surface area contributed by atoms with Crippen LogP contribution in [0.15, 0.2) is 18.2 Å². The Hall–Kier alpha value is -2.32. The molecule has 0 saturated carbocycles. The first kappa shape index (κ1) is 16.7. The van der Waals surface area contributed by atoms with Crippen LogP contribution in [0.5, 0.6) is 0 Å². The van der Waals surface area contributed by atoms with E-state index in [4.69, 9.17) is 5.11 Å². The normalized spacial score (nSPS) is 14.3. The third kappa shape index (κ3) is 3.61. The van der Waals surface area contributed by atoms with Crippen molar-refractivity contribution in [3.8, 4) is 0 Å². The van der Waals surface area contributed by atoms with E-state index in [1.165, 1.54) is 13.8 Å². The third-order valence-corrected chi connectivity index (χ3v) is 3.11. The van der Waals surface area contributed by atoms with Crippen LogP contribution in [0.3, 0.4) is 0 Å². The van der Waals surface area contributed by atoms with Gasteiger partial charge in [0.2, 0.25) is 0 Å². The van der Waals surface area contributed by atoms with Crippen LogP contribution in [0.1, 0.15) is 25.8 Å². The summed E-state index contributed by atoms with van der Waals surface area (Å²) >= 11 is 0. The zero-order valence-electron chi connectivity index (χ0n) is 11.2. The average molecular weight is 306 g/mol. The van der Waals surface area contributed by atoms with Gasteiger partial charge in [-0.15, -0.1) is 0 Å². The minimum atomic E-state index is -4.85. The number of nitrogens with zero attached hydrogens (tertiary/aromatic N) is 1. The average Bonchev–Trinajstić information content (AvgIpc) is 2.37. The zero-order chi connectivity index (χ0) is 16.4. The highest BCUT2D eigenvalue weighted by molar-refractivity contribution is 5.82. The molecule has 0 amide bonds. The van der Waals surface area contributed by atoms with Gasteiger partial charge in [0.25, 0.3) is 5.69 Å². The summed E-state index contributed by atoms with van der Waals surface area (Å²) in [5, 5.41) is 21.9. The maximum atomic E-state index is 13.0. The maximum absolute atomic E-state index is 13.0. The van der Waals surface area contributed by atoms with E-state index >= 15 is 0 Å². The summed E-state index contributed by atoms with van der Waals surface area (Å²) in [5.74, 6) is -1.32. The third-order valence-electron chi connectivity index (χ3n) is 3.11. The van der Waals surface area contributed by atoms with Crippen LogP contribution in [0.2, 0.25) is 0 Å². The Balaban J connectivity index is 3.36. The first-order valence-electron chi connectivity index (χ1n) is 5.88. The summed E-state index contributed by atoms with van der Waals surface area (Å²) in [6.45, 7) is 2.73. The number of nitro benzene ring substituents is 1. The smallest absolute Gasteiger partial charge is 0.418 e. The summed E-state index contributed by atoms with van der Waals surface area (Å²) in [5.41, 5.74) is -4.13. The molecule has 9 heteroatoms. The number of hydrogen-bond donors (Lipinski definition) is 2. The molecule has 0 saturated heterocycles. The van der Waals surface area contributed by atoms with Crippen molar-refractivity contribution in [1.82, 2.24) is 0 Å². The molecule has 0 fully saturated rings. The molecule has 0 bridgehead atoms. The number of carboxylic acids is 1. The number of benzene rings is 1. The summed E-state index contributed by atoms with van der Waals surface area (Å²) in [4.78, 5) is 20.8. The van der Waals surface area contributed by atoms with Crippen LogP contribution in [0.4, 0.5) is 24.5 Å². The van der Waals surface area contributed by atoms with Crippen molar-refractivity contribution in [2.24, 2.45) is 0 Å². The number of rotatable bonds is 5. The predicted molar refractivity (Wildman–Crippen MR) is 68.1 cm³/mol. The quantitative estimate of drug-likeness (QED) is 0.643. The lowest BCUT2D eigenvalue weighted by Crippen LogP contribution is -2.43. The van der Waals surface area contributed by atoms with E-state index in [1.54, 1.807) is 0 Å². The molecule has 21 heavy (non-hydrogen) atoms. The molecule has 1 rings (SSSR count). The van der Waals surface area contributed by atoms with Gasteiger partial charge in [-0.25, -0.2) is 4.79 Å². The second-order valence-corrected chi connectivity index (χ2v) is 4.60. The fraction of sp³-hybridized carbons (Fsp3) is 0.417. The summed E-state index contributed by atoms with van der Waals surface area (Å²) in [7, 11) is 0. The Bertz CT molecular complexity index is 574. The molecule has 1 aromatic carbocycles. The van der Waals surface area contributed by atoms with Crippen molar-refractivity contribution < 1.29 is 28.0 Å². The predicted octanol–water partition coefficient (Wildman–Crippen LogP) is 3.28. The van der Waals surface area contributed by atoms with E-state index in [1.807, 2.05) is 0 Å². The highest BCUT2D eigenvalue weighted by atomic mass is 19.4. The molecule has 0 heterocycles. The molecule has 2 N–H and O–H groups in total. The highest BCUT2D eigenvalue weighted by Gasteiger charge is 2.38. The first-order chi connectivity index (χ1) is 9.51. The van der Waals surface area contributed by atoms with Crippen molar-refractivity contribution in [3.05, 3.63) is 33.9 Å². The number of nitro groups is 1. The van der Waals surface area contributed by atoms with E-state index in [0.29, 0.717) is 6.07 Å². The molecule has 1 atom stereocenters. The number of carbonyl (C=O) groups is 1. The molecule has 0 radical (unpaired) electrons. The summed E-state index contributed by atoms with van der Waals surface area (Å²) in [6, 6.07) is 2.12. The fourth-order valence-electron chi connectivity index (χ4n) is 1.58. The van der Waals surface area contributed by atoms with Crippen molar-refractivity contribution in [1.29, 1.82) is 0 Å². The highest BCUT2D eigenvalue weighted by Crippen LogP contribution is 2.38. The lowest BCUT2D eigenvalue weighted by Gasteiger charge is -2.27. The van der Waals surface area contributed by atoms with Crippen LogP contribution in [-0.4, -0.2) is 21.5 Å².